The Labute approximate surface area is 117 Å². The first-order chi connectivity index (χ1) is 9.66. The van der Waals surface area contributed by atoms with Crippen LogP contribution in [0.5, 0.6) is 0 Å². The molecule has 0 aliphatic carbocycles. The molecule has 11 nitrogen and oxygen atoms in total. The summed E-state index contributed by atoms with van der Waals surface area (Å²) in [6.45, 7) is 0. The van der Waals surface area contributed by atoms with Crippen LogP contribution in [0, 0.1) is 0 Å². The second-order valence-corrected chi connectivity index (χ2v) is 3.89. The first-order valence-corrected chi connectivity index (χ1v) is 5.53. The summed E-state index contributed by atoms with van der Waals surface area (Å²) >= 11 is 0. The van der Waals surface area contributed by atoms with Gasteiger partial charge in [-0.2, -0.15) is 0 Å². The van der Waals surface area contributed by atoms with Crippen molar-refractivity contribution >= 4 is 17.9 Å². The Morgan fingerprint density at radius 1 is 1.24 bits per heavy atom. The van der Waals surface area contributed by atoms with Crippen molar-refractivity contribution in [3.05, 3.63) is 18.2 Å². The quantitative estimate of drug-likeness (QED) is 0.339. The minimum Gasteiger partial charge on any atom is -0.547 e. The third-order valence-corrected chi connectivity index (χ3v) is 2.19. The van der Waals surface area contributed by atoms with Crippen LogP contribution in [0.2, 0.25) is 0 Å². The largest absolute Gasteiger partial charge is 0.547 e. The molecule has 11 heteroatoms. The lowest BCUT2D eigenvalue weighted by Crippen LogP contribution is -2.69. The van der Waals surface area contributed by atoms with Crippen molar-refractivity contribution < 1.29 is 50.6 Å². The number of hydrogen-bond acceptors (Lipinski definition) is 7. The zero-order valence-electron chi connectivity index (χ0n) is 10.7. The molecule has 0 fully saturated rings. The van der Waals surface area contributed by atoms with E-state index in [2.05, 4.69) is 15.7 Å². The SMILES string of the molecule is O=C([O-])[C@@H](O)[C@H](O)C(=O)O.[NH3+][C@H](Cc1c[nH+]c[nH]1)C(=O)[O-]. The number of aliphatic carboxylic acids is 3. The van der Waals surface area contributed by atoms with Crippen molar-refractivity contribution in [2.24, 2.45) is 0 Å². The predicted octanol–water partition coefficient (Wildman–Crippen LogP) is -6.73. The predicted molar refractivity (Wildman–Crippen MR) is 57.4 cm³/mol. The molecular weight excluding hydrogens is 290 g/mol. The minimum atomic E-state index is -2.38. The van der Waals surface area contributed by atoms with E-state index in [1.165, 1.54) is 0 Å². The van der Waals surface area contributed by atoms with Crippen LogP contribution < -0.4 is 20.9 Å². The maximum atomic E-state index is 10.2. The van der Waals surface area contributed by atoms with Gasteiger partial charge in [-0.3, -0.25) is 4.98 Å². The highest BCUT2D eigenvalue weighted by Crippen LogP contribution is 1.91. The number of carbonyl (C=O) groups excluding carboxylic acids is 2. The van der Waals surface area contributed by atoms with E-state index < -0.39 is 36.2 Å². The van der Waals surface area contributed by atoms with Crippen LogP contribution in [0.15, 0.2) is 12.5 Å². The van der Waals surface area contributed by atoms with Gasteiger partial charge in [-0.1, -0.05) is 0 Å². The fraction of sp³-hybridized carbons (Fsp3) is 0.400. The number of aliphatic hydroxyl groups excluding tert-OH is 2. The molecule has 1 aromatic rings. The second-order valence-electron chi connectivity index (χ2n) is 3.89. The average Bonchev–Trinajstić information content (AvgIpc) is 2.90. The topological polar surface area (TPSA) is 216 Å². The summed E-state index contributed by atoms with van der Waals surface area (Å²) in [4.78, 5) is 35.2. The number of rotatable bonds is 6. The first kappa shape index (κ1) is 18.5. The molecule has 0 radical (unpaired) electrons. The van der Waals surface area contributed by atoms with Crippen molar-refractivity contribution in [2.75, 3.05) is 0 Å². The van der Waals surface area contributed by atoms with E-state index in [1.807, 2.05) is 0 Å². The number of aromatic nitrogens is 2. The van der Waals surface area contributed by atoms with Crippen LogP contribution in [0.4, 0.5) is 0 Å². The van der Waals surface area contributed by atoms with Crippen LogP contribution in [-0.4, -0.2) is 56.5 Å². The first-order valence-electron chi connectivity index (χ1n) is 5.53. The van der Waals surface area contributed by atoms with Crippen LogP contribution >= 0.6 is 0 Å². The number of carboxylic acids is 3. The van der Waals surface area contributed by atoms with Gasteiger partial charge in [0.25, 0.3) is 0 Å². The standard InChI is InChI=1S/C6H9N3O2.C4H6O6/c7-5(6(10)11)1-4-2-8-3-9-4;5-1(3(7)8)2(6)4(9)10/h2-3,5H,1,7H2,(H,8,9)(H,10,11);1-2,5-6H,(H,7,8)(H,9,10)/t5-;1-,2-/m10/s1. The molecule has 0 spiro atoms. The van der Waals surface area contributed by atoms with Gasteiger partial charge >= 0.3 is 5.97 Å². The summed E-state index contributed by atoms with van der Waals surface area (Å²) in [6, 6.07) is -0.693. The molecule has 0 unspecified atom stereocenters. The van der Waals surface area contributed by atoms with Crippen molar-refractivity contribution in [1.82, 2.24) is 4.98 Å². The average molecular weight is 305 g/mol. The third-order valence-electron chi connectivity index (χ3n) is 2.19. The molecule has 0 saturated carbocycles. The van der Waals surface area contributed by atoms with Gasteiger partial charge in [-0.05, 0) is 0 Å². The Balaban J connectivity index is 0.000000384. The Morgan fingerprint density at radius 2 is 1.81 bits per heavy atom. The van der Waals surface area contributed by atoms with Crippen LogP contribution in [0.25, 0.3) is 0 Å². The van der Waals surface area contributed by atoms with Crippen LogP contribution in [0.3, 0.4) is 0 Å². The molecule has 3 atom stereocenters. The van der Waals surface area contributed by atoms with Crippen LogP contribution in [-0.2, 0) is 20.8 Å². The number of aromatic amines is 2. The molecule has 0 aliphatic rings. The lowest BCUT2D eigenvalue weighted by Gasteiger charge is -2.13. The Kier molecular flexibility index (Phi) is 7.60. The molecule has 1 heterocycles. The highest BCUT2D eigenvalue weighted by atomic mass is 16.4. The Hall–Kier alpha value is -2.50. The lowest BCUT2D eigenvalue weighted by atomic mass is 10.2. The summed E-state index contributed by atoms with van der Waals surface area (Å²) in [6.07, 6.45) is -1.02. The number of imidazole rings is 1. The molecule has 0 amide bonds. The molecule has 0 saturated heterocycles. The number of hydrogen-bond donors (Lipinski definition) is 5. The van der Waals surface area contributed by atoms with Gasteiger partial charge in [0.2, 0.25) is 6.33 Å². The fourth-order valence-corrected chi connectivity index (χ4v) is 1.05. The van der Waals surface area contributed by atoms with E-state index in [0.29, 0.717) is 6.42 Å². The number of nitrogens with one attached hydrogen (secondary N) is 2. The van der Waals surface area contributed by atoms with Gasteiger partial charge in [-0.15, -0.1) is 0 Å². The second kappa shape index (κ2) is 8.63. The molecule has 118 valence electrons. The number of H-pyrrole nitrogens is 2. The van der Waals surface area contributed by atoms with Gasteiger partial charge in [0, 0.05) is 0 Å². The number of carbonyl (C=O) groups is 3. The van der Waals surface area contributed by atoms with E-state index in [0.717, 1.165) is 5.69 Å². The summed E-state index contributed by atoms with van der Waals surface area (Å²) in [5, 5.41) is 44.4. The van der Waals surface area contributed by atoms with E-state index >= 15 is 0 Å². The summed E-state index contributed by atoms with van der Waals surface area (Å²) in [5.41, 5.74) is 4.23. The lowest BCUT2D eigenvalue weighted by molar-refractivity contribution is -0.437. The van der Waals surface area contributed by atoms with Crippen molar-refractivity contribution in [2.45, 2.75) is 24.7 Å². The number of carboxylic acid groups (broad SMARTS) is 3. The van der Waals surface area contributed by atoms with Crippen molar-refractivity contribution in [3.63, 3.8) is 0 Å². The molecule has 0 bridgehead atoms. The van der Waals surface area contributed by atoms with Gasteiger partial charge in [-0.25, -0.2) is 9.78 Å². The maximum Gasteiger partial charge on any atom is 0.335 e. The van der Waals surface area contributed by atoms with Gasteiger partial charge in [0.1, 0.15) is 24.0 Å². The maximum absolute atomic E-state index is 10.2. The smallest absolute Gasteiger partial charge is 0.335 e. The molecule has 21 heavy (non-hydrogen) atoms. The van der Waals surface area contributed by atoms with Crippen molar-refractivity contribution in [1.29, 1.82) is 0 Å². The van der Waals surface area contributed by atoms with E-state index in [-0.39, 0.29) is 0 Å². The highest BCUT2D eigenvalue weighted by Gasteiger charge is 2.23. The Morgan fingerprint density at radius 3 is 2.10 bits per heavy atom. The van der Waals surface area contributed by atoms with Gasteiger partial charge < -0.3 is 40.9 Å². The van der Waals surface area contributed by atoms with Crippen molar-refractivity contribution in [3.8, 4) is 0 Å². The molecule has 1 rings (SSSR count). The molecule has 0 aliphatic heterocycles. The van der Waals surface area contributed by atoms with E-state index in [4.69, 9.17) is 15.3 Å². The summed E-state index contributed by atoms with van der Waals surface area (Å²) in [5.74, 6) is -4.95. The summed E-state index contributed by atoms with van der Waals surface area (Å²) < 4.78 is 0. The zero-order valence-corrected chi connectivity index (χ0v) is 10.7. The minimum absolute atomic E-state index is 0.367. The van der Waals surface area contributed by atoms with Gasteiger partial charge in [0.05, 0.1) is 18.4 Å². The van der Waals surface area contributed by atoms with E-state index in [1.54, 1.807) is 12.5 Å². The number of quaternary nitrogens is 1. The summed E-state index contributed by atoms with van der Waals surface area (Å²) in [7, 11) is 0. The Bertz CT molecular complexity index is 457. The third kappa shape index (κ3) is 7.00. The number of aliphatic hydroxyl groups is 2. The monoisotopic (exact) mass is 305 g/mol. The molecule has 8 N–H and O–H groups in total. The normalized spacial score (nSPS) is 14.2. The zero-order chi connectivity index (χ0) is 16.6. The molecule has 0 aromatic carbocycles. The van der Waals surface area contributed by atoms with E-state index in [9.17, 15) is 24.6 Å². The molecular formula is C10H15N3O8. The molecule has 1 aromatic heterocycles. The van der Waals surface area contributed by atoms with Gasteiger partial charge in [0.15, 0.2) is 6.10 Å². The fourth-order valence-electron chi connectivity index (χ4n) is 1.05. The van der Waals surface area contributed by atoms with Crippen LogP contribution in [0.1, 0.15) is 5.69 Å². The highest BCUT2D eigenvalue weighted by molar-refractivity contribution is 5.82.